The third-order valence-electron chi connectivity index (χ3n) is 1.09. The third-order valence-corrected chi connectivity index (χ3v) is 1.09. The van der Waals surface area contributed by atoms with Crippen LogP contribution in [0.4, 0.5) is 0 Å². The summed E-state index contributed by atoms with van der Waals surface area (Å²) in [7, 11) is 0. The number of aliphatic hydroxyl groups is 1. The molecule has 1 unspecified atom stereocenters. The minimum absolute atomic E-state index is 0.291. The molecular formula is C7H12O2. The third kappa shape index (κ3) is 5.24. The average molecular weight is 128 g/mol. The molecule has 1 N–H and O–H groups in total. The van der Waals surface area contributed by atoms with Gasteiger partial charge in [0, 0.05) is 0 Å². The van der Waals surface area contributed by atoms with E-state index < -0.39 is 0 Å². The molecule has 0 aliphatic carbocycles. The Balaban J connectivity index is 3.25. The van der Waals surface area contributed by atoms with Gasteiger partial charge in [0.05, 0.1) is 6.10 Å². The van der Waals surface area contributed by atoms with Gasteiger partial charge in [-0.25, -0.2) is 0 Å². The van der Waals surface area contributed by atoms with Gasteiger partial charge in [-0.15, -0.1) is 0 Å². The van der Waals surface area contributed by atoms with Gasteiger partial charge in [0.15, 0.2) is 0 Å². The number of rotatable bonds is 4. The van der Waals surface area contributed by atoms with E-state index in [0.717, 1.165) is 6.42 Å². The van der Waals surface area contributed by atoms with Crippen molar-refractivity contribution in [3.05, 3.63) is 12.2 Å². The quantitative estimate of drug-likeness (QED) is 0.451. The number of aliphatic hydroxyl groups excluding tert-OH is 1. The molecule has 0 bridgehead atoms. The molecule has 9 heavy (non-hydrogen) atoms. The minimum atomic E-state index is -0.291. The average Bonchev–Trinajstić information content (AvgIpc) is 1.89. The lowest BCUT2D eigenvalue weighted by molar-refractivity contribution is -0.104. The summed E-state index contributed by atoms with van der Waals surface area (Å²) in [5.41, 5.74) is 0. The van der Waals surface area contributed by atoms with Crippen LogP contribution in [0.25, 0.3) is 0 Å². The van der Waals surface area contributed by atoms with Gasteiger partial charge in [0.25, 0.3) is 0 Å². The van der Waals surface area contributed by atoms with E-state index in [-0.39, 0.29) is 6.10 Å². The summed E-state index contributed by atoms with van der Waals surface area (Å²) < 4.78 is 0. The van der Waals surface area contributed by atoms with E-state index in [9.17, 15) is 4.79 Å². The highest BCUT2D eigenvalue weighted by atomic mass is 16.3. The highest BCUT2D eigenvalue weighted by Crippen LogP contribution is 1.95. The first-order chi connectivity index (χ1) is 4.31. The Labute approximate surface area is 55.2 Å². The van der Waals surface area contributed by atoms with Gasteiger partial charge in [-0.1, -0.05) is 13.0 Å². The number of carbonyl (C=O) groups excluding carboxylic acids is 1. The van der Waals surface area contributed by atoms with Crippen molar-refractivity contribution in [3.8, 4) is 0 Å². The second-order valence-corrected chi connectivity index (χ2v) is 1.86. The van der Waals surface area contributed by atoms with Crippen molar-refractivity contribution in [2.75, 3.05) is 0 Å². The first kappa shape index (κ1) is 8.37. The zero-order valence-electron chi connectivity index (χ0n) is 5.58. The second kappa shape index (κ2) is 5.51. The van der Waals surface area contributed by atoms with Crippen molar-refractivity contribution in [1.29, 1.82) is 0 Å². The highest BCUT2D eigenvalue weighted by Gasteiger charge is 1.93. The number of carbonyl (C=O) groups is 1. The molecule has 0 amide bonds. The maximum absolute atomic E-state index is 9.71. The van der Waals surface area contributed by atoms with Gasteiger partial charge in [0.1, 0.15) is 6.29 Å². The van der Waals surface area contributed by atoms with Crippen molar-refractivity contribution >= 4 is 6.29 Å². The molecule has 0 aliphatic rings. The van der Waals surface area contributed by atoms with Crippen LogP contribution >= 0.6 is 0 Å². The lowest BCUT2D eigenvalue weighted by Gasteiger charge is -2.00. The fraction of sp³-hybridized carbons (Fsp3) is 0.571. The van der Waals surface area contributed by atoms with Gasteiger partial charge in [0.2, 0.25) is 0 Å². The molecule has 0 saturated heterocycles. The van der Waals surface area contributed by atoms with Crippen molar-refractivity contribution in [2.45, 2.75) is 25.9 Å². The topological polar surface area (TPSA) is 37.3 Å². The molecule has 2 nitrogen and oxygen atoms in total. The van der Waals surface area contributed by atoms with E-state index in [1.807, 2.05) is 6.92 Å². The lowest BCUT2D eigenvalue weighted by Crippen LogP contribution is -2.00. The Morgan fingerprint density at radius 2 is 2.33 bits per heavy atom. The Kier molecular flexibility index (Phi) is 5.12. The van der Waals surface area contributed by atoms with Crippen LogP contribution in [-0.2, 0) is 4.79 Å². The summed E-state index contributed by atoms with van der Waals surface area (Å²) >= 11 is 0. The molecule has 0 spiro atoms. The molecular weight excluding hydrogens is 116 g/mol. The van der Waals surface area contributed by atoms with Crippen molar-refractivity contribution in [2.24, 2.45) is 0 Å². The predicted molar refractivity (Wildman–Crippen MR) is 36.1 cm³/mol. The maximum atomic E-state index is 9.71. The number of hydrogen-bond donors (Lipinski definition) is 1. The second-order valence-electron chi connectivity index (χ2n) is 1.86. The smallest absolute Gasteiger partial charge is 0.142 e. The summed E-state index contributed by atoms with van der Waals surface area (Å²) in [6.07, 6.45) is 4.81. The zero-order chi connectivity index (χ0) is 7.11. The van der Waals surface area contributed by atoms with E-state index >= 15 is 0 Å². The standard InChI is InChI=1S/C7H12O2/c1-2-7(9)5-3-4-6-8/h3-4,6-7,9H,2,5H2,1H3/b4-3+. The molecule has 0 saturated carbocycles. The van der Waals surface area contributed by atoms with E-state index in [0.29, 0.717) is 12.7 Å². The van der Waals surface area contributed by atoms with Crippen molar-refractivity contribution < 1.29 is 9.90 Å². The lowest BCUT2D eigenvalue weighted by atomic mass is 10.2. The van der Waals surface area contributed by atoms with E-state index in [1.54, 1.807) is 6.08 Å². The number of hydrogen-bond acceptors (Lipinski definition) is 2. The monoisotopic (exact) mass is 128 g/mol. The number of allylic oxidation sites excluding steroid dienone is 1. The summed E-state index contributed by atoms with van der Waals surface area (Å²) in [5.74, 6) is 0. The van der Waals surface area contributed by atoms with Crippen molar-refractivity contribution in [1.82, 2.24) is 0 Å². The summed E-state index contributed by atoms with van der Waals surface area (Å²) in [6.45, 7) is 1.90. The van der Waals surface area contributed by atoms with Crippen LogP contribution in [-0.4, -0.2) is 17.5 Å². The highest BCUT2D eigenvalue weighted by molar-refractivity contribution is 5.64. The molecule has 0 heterocycles. The predicted octanol–water partition coefficient (Wildman–Crippen LogP) is 0.902. The molecule has 0 fully saturated rings. The van der Waals surface area contributed by atoms with E-state index in [1.165, 1.54) is 6.08 Å². The Morgan fingerprint density at radius 1 is 1.67 bits per heavy atom. The van der Waals surface area contributed by atoms with E-state index in [2.05, 4.69) is 0 Å². The van der Waals surface area contributed by atoms with Crippen molar-refractivity contribution in [3.63, 3.8) is 0 Å². The van der Waals surface area contributed by atoms with Crippen LogP contribution in [0, 0.1) is 0 Å². The van der Waals surface area contributed by atoms with Gasteiger partial charge in [-0.05, 0) is 18.9 Å². The van der Waals surface area contributed by atoms with Gasteiger partial charge >= 0.3 is 0 Å². The molecule has 0 aromatic rings. The number of aldehydes is 1. The summed E-state index contributed by atoms with van der Waals surface area (Å²) in [6, 6.07) is 0. The molecule has 52 valence electrons. The first-order valence-corrected chi connectivity index (χ1v) is 3.09. The molecule has 0 aliphatic heterocycles. The summed E-state index contributed by atoms with van der Waals surface area (Å²) in [5, 5.41) is 8.92. The minimum Gasteiger partial charge on any atom is -0.393 e. The maximum Gasteiger partial charge on any atom is 0.142 e. The van der Waals surface area contributed by atoms with Crippen LogP contribution in [0.15, 0.2) is 12.2 Å². The van der Waals surface area contributed by atoms with Crippen LogP contribution in [0.5, 0.6) is 0 Å². The Hall–Kier alpha value is -0.630. The normalized spacial score (nSPS) is 14.0. The first-order valence-electron chi connectivity index (χ1n) is 3.09. The van der Waals surface area contributed by atoms with Crippen LogP contribution in [0.3, 0.4) is 0 Å². The van der Waals surface area contributed by atoms with Crippen LogP contribution in [0.1, 0.15) is 19.8 Å². The molecule has 0 rings (SSSR count). The summed E-state index contributed by atoms with van der Waals surface area (Å²) in [4.78, 5) is 9.71. The van der Waals surface area contributed by atoms with Gasteiger partial charge in [-0.3, -0.25) is 4.79 Å². The molecule has 1 atom stereocenters. The molecule has 0 aromatic heterocycles. The Bertz CT molecular complexity index is 97.1. The Morgan fingerprint density at radius 3 is 2.78 bits per heavy atom. The van der Waals surface area contributed by atoms with Gasteiger partial charge in [-0.2, -0.15) is 0 Å². The van der Waals surface area contributed by atoms with Gasteiger partial charge < -0.3 is 5.11 Å². The molecule has 0 radical (unpaired) electrons. The largest absolute Gasteiger partial charge is 0.393 e. The SMILES string of the molecule is CCC(O)C/C=C/C=O. The van der Waals surface area contributed by atoms with Crippen LogP contribution in [0.2, 0.25) is 0 Å². The van der Waals surface area contributed by atoms with E-state index in [4.69, 9.17) is 5.11 Å². The zero-order valence-corrected chi connectivity index (χ0v) is 5.58. The fourth-order valence-corrected chi connectivity index (χ4v) is 0.458. The molecule has 0 aromatic carbocycles. The fourth-order valence-electron chi connectivity index (χ4n) is 0.458. The molecule has 2 heteroatoms. The van der Waals surface area contributed by atoms with Crippen LogP contribution < -0.4 is 0 Å².